The fraction of sp³-hybridized carbons (Fsp3) is 0. The summed E-state index contributed by atoms with van der Waals surface area (Å²) in [5.41, 5.74) is -1.64. The Bertz CT molecular complexity index is 602. The largest absolute Gasteiger partial charge is 0.321 e. The van der Waals surface area contributed by atoms with Crippen LogP contribution in [0.15, 0.2) is 16.7 Å². The maximum atomic E-state index is 13.6. The maximum absolute atomic E-state index is 13.6. The number of nitro benzene ring substituents is 1. The monoisotopic (exact) mass is 261 g/mol. The zero-order valence-corrected chi connectivity index (χ0v) is 8.61. The van der Waals surface area contributed by atoms with E-state index < -0.39 is 39.0 Å². The fourth-order valence-electron chi connectivity index (χ4n) is 1.19. The van der Waals surface area contributed by atoms with Crippen LogP contribution in [0.2, 0.25) is 5.35 Å². The molecule has 88 valence electrons. The highest BCUT2D eigenvalue weighted by Gasteiger charge is 2.25. The molecule has 17 heavy (non-hydrogen) atoms. The van der Waals surface area contributed by atoms with Crippen LogP contribution in [-0.2, 0) is 0 Å². The maximum Gasteiger partial charge on any atom is 0.320 e. The molecule has 0 spiro atoms. The van der Waals surface area contributed by atoms with Crippen molar-refractivity contribution < 1.29 is 18.2 Å². The summed E-state index contributed by atoms with van der Waals surface area (Å²) < 4.78 is 31.3. The first-order valence-corrected chi connectivity index (χ1v) is 4.50. The Balaban J connectivity index is 2.68. The van der Waals surface area contributed by atoms with Crippen LogP contribution >= 0.6 is 11.6 Å². The molecule has 0 unspecified atom stereocenters. The number of aromatic nitrogens is 2. The fourth-order valence-corrected chi connectivity index (χ4v) is 1.31. The molecular weight excluding hydrogens is 260 g/mol. The smallest absolute Gasteiger partial charge is 0.320 e. The molecule has 0 bridgehead atoms. The molecule has 0 aliphatic carbocycles. The van der Waals surface area contributed by atoms with Gasteiger partial charge in [-0.05, 0) is 17.7 Å². The van der Waals surface area contributed by atoms with E-state index in [9.17, 15) is 18.9 Å². The van der Waals surface area contributed by atoms with Crippen molar-refractivity contribution in [2.24, 2.45) is 0 Å². The van der Waals surface area contributed by atoms with Crippen molar-refractivity contribution in [2.45, 2.75) is 0 Å². The standard InChI is InChI=1S/C8H2ClF2N3O3/c9-8-12-7(13-17-8)5-3(10)1-2-4(6(5)11)14(15)16/h1-2H. The molecule has 0 atom stereocenters. The molecular formula is C8H2ClF2N3O3. The predicted octanol–water partition coefficient (Wildman–Crippen LogP) is 2.58. The Morgan fingerprint density at radius 1 is 1.41 bits per heavy atom. The highest BCUT2D eigenvalue weighted by atomic mass is 35.5. The average Bonchev–Trinajstić information content (AvgIpc) is 2.64. The van der Waals surface area contributed by atoms with Gasteiger partial charge in [0.25, 0.3) is 0 Å². The Hall–Kier alpha value is -2.09. The van der Waals surface area contributed by atoms with Crippen molar-refractivity contribution in [3.63, 3.8) is 0 Å². The average molecular weight is 262 g/mol. The molecule has 9 heteroatoms. The van der Waals surface area contributed by atoms with Crippen LogP contribution in [0.25, 0.3) is 11.4 Å². The van der Waals surface area contributed by atoms with Crippen molar-refractivity contribution in [3.05, 3.63) is 39.2 Å². The lowest BCUT2D eigenvalue weighted by atomic mass is 10.1. The molecule has 0 aliphatic heterocycles. The molecule has 0 N–H and O–H groups in total. The van der Waals surface area contributed by atoms with Gasteiger partial charge < -0.3 is 4.52 Å². The van der Waals surface area contributed by atoms with Gasteiger partial charge in [0.05, 0.1) is 4.92 Å². The van der Waals surface area contributed by atoms with Gasteiger partial charge in [0.1, 0.15) is 11.4 Å². The van der Waals surface area contributed by atoms with Crippen molar-refractivity contribution >= 4 is 17.3 Å². The minimum absolute atomic E-state index is 0.426. The van der Waals surface area contributed by atoms with E-state index in [-0.39, 0.29) is 0 Å². The third-order valence-corrected chi connectivity index (χ3v) is 2.05. The minimum Gasteiger partial charge on any atom is -0.321 e. The van der Waals surface area contributed by atoms with E-state index in [0.29, 0.717) is 6.07 Å². The van der Waals surface area contributed by atoms with Crippen molar-refractivity contribution in [2.75, 3.05) is 0 Å². The van der Waals surface area contributed by atoms with Gasteiger partial charge in [0, 0.05) is 6.07 Å². The second kappa shape index (κ2) is 4.06. The number of hydrogen-bond acceptors (Lipinski definition) is 5. The molecule has 0 saturated heterocycles. The number of hydrogen-bond donors (Lipinski definition) is 0. The number of halogens is 3. The van der Waals surface area contributed by atoms with Crippen molar-refractivity contribution in [1.29, 1.82) is 0 Å². The Morgan fingerprint density at radius 3 is 2.65 bits per heavy atom. The van der Waals surface area contributed by atoms with Gasteiger partial charge in [-0.1, -0.05) is 5.16 Å². The van der Waals surface area contributed by atoms with E-state index in [1.807, 2.05) is 0 Å². The summed E-state index contributed by atoms with van der Waals surface area (Å²) in [5.74, 6) is -2.92. The van der Waals surface area contributed by atoms with Gasteiger partial charge in [-0.3, -0.25) is 10.1 Å². The molecule has 2 rings (SSSR count). The molecule has 0 aliphatic rings. The second-order valence-corrected chi connectivity index (χ2v) is 3.21. The van der Waals surface area contributed by atoms with E-state index in [0.717, 1.165) is 6.07 Å². The summed E-state index contributed by atoms with van der Waals surface area (Å²) in [4.78, 5) is 12.9. The molecule has 2 aromatic rings. The molecule has 1 heterocycles. The van der Waals surface area contributed by atoms with Gasteiger partial charge in [-0.25, -0.2) is 4.39 Å². The Kier molecular flexibility index (Phi) is 2.72. The van der Waals surface area contributed by atoms with Crippen molar-refractivity contribution in [3.8, 4) is 11.4 Å². The summed E-state index contributed by atoms with van der Waals surface area (Å²) in [6.07, 6.45) is 0. The first-order chi connectivity index (χ1) is 8.00. The van der Waals surface area contributed by atoms with Crippen LogP contribution in [0.3, 0.4) is 0 Å². The summed E-state index contributed by atoms with van der Waals surface area (Å²) >= 11 is 5.30. The second-order valence-electron chi connectivity index (χ2n) is 2.88. The Labute approximate surface area is 97.0 Å². The van der Waals surface area contributed by atoms with Gasteiger partial charge in [-0.2, -0.15) is 9.37 Å². The molecule has 1 aromatic carbocycles. The quantitative estimate of drug-likeness (QED) is 0.613. The Morgan fingerprint density at radius 2 is 2.12 bits per heavy atom. The zero-order chi connectivity index (χ0) is 12.6. The molecule has 0 saturated carbocycles. The van der Waals surface area contributed by atoms with Crippen molar-refractivity contribution in [1.82, 2.24) is 10.1 Å². The predicted molar refractivity (Wildman–Crippen MR) is 51.3 cm³/mol. The highest BCUT2D eigenvalue weighted by molar-refractivity contribution is 6.27. The van der Waals surface area contributed by atoms with Crippen LogP contribution in [-0.4, -0.2) is 15.1 Å². The SMILES string of the molecule is O=[N+]([O-])c1ccc(F)c(-c2noc(Cl)n2)c1F. The lowest BCUT2D eigenvalue weighted by Gasteiger charge is -2.00. The third kappa shape index (κ3) is 1.94. The normalized spacial score (nSPS) is 10.5. The van der Waals surface area contributed by atoms with Crippen LogP contribution in [0.4, 0.5) is 14.5 Å². The third-order valence-electron chi connectivity index (χ3n) is 1.89. The highest BCUT2D eigenvalue weighted by Crippen LogP contribution is 2.30. The van der Waals surface area contributed by atoms with E-state index in [2.05, 4.69) is 14.7 Å². The van der Waals surface area contributed by atoms with E-state index >= 15 is 0 Å². The minimum atomic E-state index is -1.38. The summed E-state index contributed by atoms with van der Waals surface area (Å²) in [7, 11) is 0. The van der Waals surface area contributed by atoms with E-state index in [4.69, 9.17) is 11.6 Å². The molecule has 0 radical (unpaired) electrons. The van der Waals surface area contributed by atoms with Gasteiger partial charge in [-0.15, -0.1) is 0 Å². The van der Waals surface area contributed by atoms with E-state index in [1.165, 1.54) is 0 Å². The summed E-state index contributed by atoms with van der Waals surface area (Å²) in [6.45, 7) is 0. The molecule has 6 nitrogen and oxygen atoms in total. The van der Waals surface area contributed by atoms with Gasteiger partial charge >= 0.3 is 11.0 Å². The lowest BCUT2D eigenvalue weighted by molar-refractivity contribution is -0.387. The zero-order valence-electron chi connectivity index (χ0n) is 7.85. The van der Waals surface area contributed by atoms with Crippen LogP contribution in [0.5, 0.6) is 0 Å². The summed E-state index contributed by atoms with van der Waals surface area (Å²) in [6, 6.07) is 1.44. The van der Waals surface area contributed by atoms with Crippen LogP contribution in [0.1, 0.15) is 0 Å². The first kappa shape index (κ1) is 11.4. The van der Waals surface area contributed by atoms with E-state index in [1.54, 1.807) is 0 Å². The van der Waals surface area contributed by atoms with Gasteiger partial charge in [0.2, 0.25) is 11.6 Å². The van der Waals surface area contributed by atoms with Crippen LogP contribution < -0.4 is 0 Å². The number of nitro groups is 1. The van der Waals surface area contributed by atoms with Crippen LogP contribution in [0, 0.1) is 21.7 Å². The molecule has 1 aromatic heterocycles. The topological polar surface area (TPSA) is 82.1 Å². The summed E-state index contributed by atoms with van der Waals surface area (Å²) in [5, 5.41) is 13.2. The molecule has 0 amide bonds. The number of benzene rings is 1. The number of nitrogens with zero attached hydrogens (tertiary/aromatic N) is 3. The first-order valence-electron chi connectivity index (χ1n) is 4.12. The molecule has 0 fully saturated rings. The lowest BCUT2D eigenvalue weighted by Crippen LogP contribution is -1.98. The van der Waals surface area contributed by atoms with Gasteiger partial charge in [0.15, 0.2) is 0 Å². The number of rotatable bonds is 2.